The van der Waals surface area contributed by atoms with Gasteiger partial charge < -0.3 is 9.47 Å². The fourth-order valence-electron chi connectivity index (χ4n) is 5.35. The Morgan fingerprint density at radius 1 is 1.00 bits per heavy atom. The zero-order chi connectivity index (χ0) is 19.4. The van der Waals surface area contributed by atoms with Gasteiger partial charge in [0.15, 0.2) is 11.5 Å². The van der Waals surface area contributed by atoms with E-state index in [2.05, 4.69) is 50.2 Å². The number of hydrogen-bond acceptors (Lipinski definition) is 3. The standard InChI is InChI=1S/C25H29NO2.ClH/c1-24(2)16-19-21-18(14-20(27-3)23(19)28-24)15-25(12-8-5-9-13-25)26-22(21)17-10-6-4-7-11-17;/h4,6-7,10-11,14H,5,8-9,12-13,15-16H2,1-3H3;1H. The van der Waals surface area contributed by atoms with Crippen molar-refractivity contribution in [2.24, 2.45) is 4.99 Å². The van der Waals surface area contributed by atoms with Gasteiger partial charge in [-0.3, -0.25) is 4.99 Å². The molecule has 0 saturated heterocycles. The molecule has 5 rings (SSSR count). The first-order chi connectivity index (χ1) is 13.5. The molecule has 2 aromatic carbocycles. The SMILES string of the molecule is COc1cc2c(c3c1OC(C)(C)C3)C(c1ccccc1)=NC1(CCCCC1)C2.Cl. The van der Waals surface area contributed by atoms with Gasteiger partial charge in [-0.15, -0.1) is 12.4 Å². The molecule has 1 fully saturated rings. The molecule has 3 aliphatic rings. The Kier molecular flexibility index (Phi) is 5.14. The highest BCUT2D eigenvalue weighted by molar-refractivity contribution is 6.16. The summed E-state index contributed by atoms with van der Waals surface area (Å²) in [6, 6.07) is 12.9. The lowest BCUT2D eigenvalue weighted by Crippen LogP contribution is -2.38. The van der Waals surface area contributed by atoms with Crippen LogP contribution >= 0.6 is 12.4 Å². The minimum absolute atomic E-state index is 0. The molecule has 2 heterocycles. The smallest absolute Gasteiger partial charge is 0.166 e. The van der Waals surface area contributed by atoms with Crippen LogP contribution in [0.2, 0.25) is 0 Å². The summed E-state index contributed by atoms with van der Waals surface area (Å²) in [5.41, 5.74) is 6.15. The number of nitrogens with zero attached hydrogens (tertiary/aromatic N) is 1. The summed E-state index contributed by atoms with van der Waals surface area (Å²) in [5.74, 6) is 1.79. The van der Waals surface area contributed by atoms with Gasteiger partial charge in [0, 0.05) is 23.1 Å². The monoisotopic (exact) mass is 411 g/mol. The van der Waals surface area contributed by atoms with Crippen LogP contribution in [-0.4, -0.2) is 24.0 Å². The van der Waals surface area contributed by atoms with E-state index in [4.69, 9.17) is 14.5 Å². The summed E-state index contributed by atoms with van der Waals surface area (Å²) in [4.78, 5) is 5.49. The molecular formula is C25H30ClNO2. The average molecular weight is 412 g/mol. The molecule has 29 heavy (non-hydrogen) atoms. The number of rotatable bonds is 2. The maximum absolute atomic E-state index is 6.32. The van der Waals surface area contributed by atoms with Crippen LogP contribution in [0.25, 0.3) is 0 Å². The molecule has 2 aromatic rings. The summed E-state index contributed by atoms with van der Waals surface area (Å²) in [6.07, 6.45) is 8.16. The van der Waals surface area contributed by atoms with E-state index >= 15 is 0 Å². The molecule has 154 valence electrons. The number of ether oxygens (including phenoxy) is 2. The van der Waals surface area contributed by atoms with E-state index in [1.807, 2.05) is 0 Å². The van der Waals surface area contributed by atoms with Gasteiger partial charge >= 0.3 is 0 Å². The number of benzene rings is 2. The number of aliphatic imine (C=N–C) groups is 1. The fraction of sp³-hybridized carbons (Fsp3) is 0.480. The molecule has 0 N–H and O–H groups in total. The van der Waals surface area contributed by atoms with E-state index in [9.17, 15) is 0 Å². The van der Waals surface area contributed by atoms with Crippen molar-refractivity contribution in [2.45, 2.75) is 69.9 Å². The summed E-state index contributed by atoms with van der Waals surface area (Å²) in [6.45, 7) is 4.31. The van der Waals surface area contributed by atoms with Gasteiger partial charge in [-0.25, -0.2) is 0 Å². The van der Waals surface area contributed by atoms with Crippen molar-refractivity contribution in [3.05, 3.63) is 58.7 Å². The van der Waals surface area contributed by atoms with Gasteiger partial charge in [0.1, 0.15) is 5.60 Å². The maximum Gasteiger partial charge on any atom is 0.166 e. The molecule has 0 radical (unpaired) electrons. The molecular weight excluding hydrogens is 382 g/mol. The van der Waals surface area contributed by atoms with E-state index in [1.165, 1.54) is 54.4 Å². The Morgan fingerprint density at radius 3 is 2.41 bits per heavy atom. The fourth-order valence-corrected chi connectivity index (χ4v) is 5.35. The van der Waals surface area contributed by atoms with E-state index < -0.39 is 0 Å². The zero-order valence-electron chi connectivity index (χ0n) is 17.6. The molecule has 4 heteroatoms. The van der Waals surface area contributed by atoms with Crippen LogP contribution in [0.15, 0.2) is 41.4 Å². The quantitative estimate of drug-likeness (QED) is 0.613. The molecule has 1 saturated carbocycles. The highest BCUT2D eigenvalue weighted by Gasteiger charge is 2.42. The Labute approximate surface area is 179 Å². The van der Waals surface area contributed by atoms with Crippen LogP contribution < -0.4 is 9.47 Å². The van der Waals surface area contributed by atoms with Gasteiger partial charge in [-0.1, -0.05) is 49.6 Å². The second kappa shape index (κ2) is 7.36. The molecule has 1 aliphatic carbocycles. The first-order valence-electron chi connectivity index (χ1n) is 10.6. The Hall–Kier alpha value is -2.00. The Morgan fingerprint density at radius 2 is 1.72 bits per heavy atom. The van der Waals surface area contributed by atoms with E-state index in [0.717, 1.165) is 30.1 Å². The number of methoxy groups -OCH3 is 1. The van der Waals surface area contributed by atoms with Crippen LogP contribution in [-0.2, 0) is 12.8 Å². The molecule has 0 bridgehead atoms. The number of fused-ring (bicyclic) bond motifs is 3. The van der Waals surface area contributed by atoms with Crippen LogP contribution in [0, 0.1) is 0 Å². The summed E-state index contributed by atoms with van der Waals surface area (Å²) in [7, 11) is 1.75. The molecule has 0 atom stereocenters. The third kappa shape index (κ3) is 3.44. The van der Waals surface area contributed by atoms with Crippen molar-refractivity contribution >= 4 is 18.1 Å². The first-order valence-corrected chi connectivity index (χ1v) is 10.6. The Bertz CT molecular complexity index is 943. The second-order valence-electron chi connectivity index (χ2n) is 9.25. The number of hydrogen-bond donors (Lipinski definition) is 0. The van der Waals surface area contributed by atoms with Crippen LogP contribution in [0.3, 0.4) is 0 Å². The minimum Gasteiger partial charge on any atom is -0.493 e. The second-order valence-corrected chi connectivity index (χ2v) is 9.25. The van der Waals surface area contributed by atoms with Crippen molar-refractivity contribution in [1.82, 2.24) is 0 Å². The minimum atomic E-state index is -0.216. The van der Waals surface area contributed by atoms with Crippen LogP contribution in [0.1, 0.15) is 68.2 Å². The molecule has 0 amide bonds. The van der Waals surface area contributed by atoms with Gasteiger partial charge in [0.25, 0.3) is 0 Å². The highest BCUT2D eigenvalue weighted by Crippen LogP contribution is 2.49. The topological polar surface area (TPSA) is 30.8 Å². The average Bonchev–Trinajstić information content (AvgIpc) is 3.03. The van der Waals surface area contributed by atoms with Crippen LogP contribution in [0.4, 0.5) is 0 Å². The molecule has 3 nitrogen and oxygen atoms in total. The van der Waals surface area contributed by atoms with Gasteiger partial charge in [-0.05, 0) is 44.7 Å². The molecule has 1 spiro atoms. The number of halogens is 1. The lowest BCUT2D eigenvalue weighted by Gasteiger charge is -2.39. The van der Waals surface area contributed by atoms with Crippen molar-refractivity contribution in [3.63, 3.8) is 0 Å². The van der Waals surface area contributed by atoms with Gasteiger partial charge in [0.05, 0.1) is 18.4 Å². The lowest BCUT2D eigenvalue weighted by atomic mass is 9.73. The van der Waals surface area contributed by atoms with Gasteiger partial charge in [-0.2, -0.15) is 0 Å². The normalized spacial score (nSPS) is 20.7. The summed E-state index contributed by atoms with van der Waals surface area (Å²) >= 11 is 0. The predicted molar refractivity (Wildman–Crippen MR) is 120 cm³/mol. The van der Waals surface area contributed by atoms with Crippen molar-refractivity contribution in [3.8, 4) is 11.5 Å². The maximum atomic E-state index is 6.32. The predicted octanol–water partition coefficient (Wildman–Crippen LogP) is 5.93. The third-order valence-electron chi connectivity index (χ3n) is 6.56. The summed E-state index contributed by atoms with van der Waals surface area (Å²) in [5, 5.41) is 0. The largest absolute Gasteiger partial charge is 0.493 e. The van der Waals surface area contributed by atoms with Crippen molar-refractivity contribution < 1.29 is 9.47 Å². The first kappa shape index (κ1) is 20.3. The zero-order valence-corrected chi connectivity index (χ0v) is 18.4. The van der Waals surface area contributed by atoms with Crippen molar-refractivity contribution in [2.75, 3.05) is 7.11 Å². The Balaban J connectivity index is 0.00000205. The summed E-state index contributed by atoms with van der Waals surface area (Å²) < 4.78 is 12.1. The molecule has 0 aromatic heterocycles. The van der Waals surface area contributed by atoms with Gasteiger partial charge in [0.2, 0.25) is 0 Å². The van der Waals surface area contributed by atoms with E-state index in [-0.39, 0.29) is 23.5 Å². The lowest BCUT2D eigenvalue weighted by molar-refractivity contribution is 0.134. The van der Waals surface area contributed by atoms with Crippen LogP contribution in [0.5, 0.6) is 11.5 Å². The van der Waals surface area contributed by atoms with E-state index in [0.29, 0.717) is 0 Å². The van der Waals surface area contributed by atoms with E-state index in [1.54, 1.807) is 7.11 Å². The molecule has 2 aliphatic heterocycles. The molecule has 0 unspecified atom stereocenters. The van der Waals surface area contributed by atoms with Crippen molar-refractivity contribution in [1.29, 1.82) is 0 Å². The highest BCUT2D eigenvalue weighted by atomic mass is 35.5. The third-order valence-corrected chi connectivity index (χ3v) is 6.56.